The molecule has 0 aliphatic carbocycles. The van der Waals surface area contributed by atoms with Crippen LogP contribution in [0.3, 0.4) is 0 Å². The highest BCUT2D eigenvalue weighted by atomic mass is 16.5. The van der Waals surface area contributed by atoms with Crippen molar-refractivity contribution in [2.24, 2.45) is 7.05 Å². The molecule has 1 N–H and O–H groups in total. The number of nitrogens with one attached hydrogen (secondary N) is 1. The summed E-state index contributed by atoms with van der Waals surface area (Å²) in [6.45, 7) is 3.16. The van der Waals surface area contributed by atoms with Crippen molar-refractivity contribution in [3.63, 3.8) is 0 Å². The second-order valence-electron chi connectivity index (χ2n) is 6.57. The molecule has 5 heterocycles. The van der Waals surface area contributed by atoms with Crippen molar-refractivity contribution in [3.8, 4) is 22.5 Å². The molecule has 5 rings (SSSR count). The van der Waals surface area contributed by atoms with Gasteiger partial charge in [0.1, 0.15) is 17.0 Å². The summed E-state index contributed by atoms with van der Waals surface area (Å²) in [7, 11) is 1.90. The van der Waals surface area contributed by atoms with Gasteiger partial charge in [-0.15, -0.1) is 0 Å². The molecule has 1 aliphatic rings. The fourth-order valence-electron chi connectivity index (χ4n) is 3.35. The van der Waals surface area contributed by atoms with E-state index in [1.807, 2.05) is 43.8 Å². The zero-order chi connectivity index (χ0) is 18.2. The molecule has 136 valence electrons. The molecule has 0 saturated carbocycles. The Labute approximate surface area is 155 Å². The maximum absolute atomic E-state index is 5.43. The molecule has 4 aromatic rings. The minimum absolute atomic E-state index is 0.729. The van der Waals surface area contributed by atoms with Crippen LogP contribution in [0.15, 0.2) is 42.9 Å². The number of fused-ring (bicyclic) bond motifs is 1. The zero-order valence-electron chi connectivity index (χ0n) is 15.0. The Morgan fingerprint density at radius 3 is 2.81 bits per heavy atom. The molecular formula is C19H19N7O. The van der Waals surface area contributed by atoms with Gasteiger partial charge in [0.25, 0.3) is 0 Å². The van der Waals surface area contributed by atoms with E-state index in [1.165, 1.54) is 0 Å². The number of hydrogen-bond donors (Lipinski definition) is 1. The molecule has 1 fully saturated rings. The molecule has 0 unspecified atom stereocenters. The normalized spacial score (nSPS) is 14.8. The number of aryl methyl sites for hydroxylation is 1. The van der Waals surface area contributed by atoms with Crippen LogP contribution >= 0.6 is 0 Å². The van der Waals surface area contributed by atoms with Gasteiger partial charge in [-0.1, -0.05) is 0 Å². The number of pyridine rings is 2. The van der Waals surface area contributed by atoms with E-state index in [9.17, 15) is 0 Å². The standard InChI is InChI=1S/C19H19N7O/c1-25-12-14(11-21-25)15-2-3-16-19(22-15)18(24-23-16)13-4-5-20-17(10-13)26-6-8-27-9-7-26/h2-5,10-12H,6-9H2,1H3,(H,23,24). The van der Waals surface area contributed by atoms with E-state index in [4.69, 9.17) is 9.72 Å². The van der Waals surface area contributed by atoms with E-state index < -0.39 is 0 Å². The van der Waals surface area contributed by atoms with Crippen LogP contribution in [0.1, 0.15) is 0 Å². The SMILES string of the molecule is Cn1cc(-c2ccc3[nH]nc(-c4ccnc(N5CCOCC5)c4)c3n2)cn1. The maximum Gasteiger partial charge on any atom is 0.129 e. The topological polar surface area (TPSA) is 84.8 Å². The number of nitrogens with zero attached hydrogens (tertiary/aromatic N) is 6. The summed E-state index contributed by atoms with van der Waals surface area (Å²) in [5.41, 5.74) is 5.43. The minimum atomic E-state index is 0.729. The number of morpholine rings is 1. The van der Waals surface area contributed by atoms with Gasteiger partial charge in [-0.05, 0) is 24.3 Å². The first-order chi connectivity index (χ1) is 13.3. The number of hydrogen-bond acceptors (Lipinski definition) is 6. The molecule has 8 nitrogen and oxygen atoms in total. The first-order valence-corrected chi connectivity index (χ1v) is 8.91. The predicted molar refractivity (Wildman–Crippen MR) is 102 cm³/mol. The smallest absolute Gasteiger partial charge is 0.129 e. The molecule has 0 bridgehead atoms. The second-order valence-corrected chi connectivity index (χ2v) is 6.57. The molecule has 0 amide bonds. The number of H-pyrrole nitrogens is 1. The third-order valence-corrected chi connectivity index (χ3v) is 4.76. The van der Waals surface area contributed by atoms with E-state index in [-0.39, 0.29) is 0 Å². The van der Waals surface area contributed by atoms with Gasteiger partial charge in [0, 0.05) is 43.7 Å². The number of ether oxygens (including phenoxy) is 1. The first kappa shape index (κ1) is 16.0. The largest absolute Gasteiger partial charge is 0.378 e. The van der Waals surface area contributed by atoms with Gasteiger partial charge >= 0.3 is 0 Å². The summed E-state index contributed by atoms with van der Waals surface area (Å²) in [4.78, 5) is 11.6. The van der Waals surface area contributed by atoms with Crippen molar-refractivity contribution >= 4 is 16.9 Å². The number of anilines is 1. The van der Waals surface area contributed by atoms with Crippen molar-refractivity contribution in [2.45, 2.75) is 0 Å². The van der Waals surface area contributed by atoms with Crippen LogP contribution in [0.4, 0.5) is 5.82 Å². The molecule has 27 heavy (non-hydrogen) atoms. The number of aromatic amines is 1. The summed E-state index contributed by atoms with van der Waals surface area (Å²) in [5, 5.41) is 11.8. The highest BCUT2D eigenvalue weighted by molar-refractivity contribution is 5.91. The lowest BCUT2D eigenvalue weighted by Crippen LogP contribution is -2.36. The van der Waals surface area contributed by atoms with Crippen LogP contribution in [-0.4, -0.2) is 56.2 Å². The number of aromatic nitrogens is 6. The van der Waals surface area contributed by atoms with Crippen LogP contribution in [-0.2, 0) is 11.8 Å². The van der Waals surface area contributed by atoms with Crippen LogP contribution in [0.5, 0.6) is 0 Å². The van der Waals surface area contributed by atoms with Crippen molar-refractivity contribution < 1.29 is 4.74 Å². The Morgan fingerprint density at radius 1 is 1.11 bits per heavy atom. The quantitative estimate of drug-likeness (QED) is 0.602. The fraction of sp³-hybridized carbons (Fsp3) is 0.263. The lowest BCUT2D eigenvalue weighted by molar-refractivity contribution is 0.122. The van der Waals surface area contributed by atoms with Crippen molar-refractivity contribution in [2.75, 3.05) is 31.2 Å². The van der Waals surface area contributed by atoms with Gasteiger partial charge in [-0.3, -0.25) is 9.78 Å². The van der Waals surface area contributed by atoms with Crippen LogP contribution in [0, 0.1) is 0 Å². The fourth-order valence-corrected chi connectivity index (χ4v) is 3.35. The van der Waals surface area contributed by atoms with Crippen LogP contribution in [0.25, 0.3) is 33.5 Å². The average molecular weight is 361 g/mol. The van der Waals surface area contributed by atoms with Crippen LogP contribution < -0.4 is 4.90 Å². The highest BCUT2D eigenvalue weighted by Gasteiger charge is 2.16. The van der Waals surface area contributed by atoms with E-state index >= 15 is 0 Å². The third kappa shape index (κ3) is 2.93. The second kappa shape index (κ2) is 6.48. The molecule has 1 saturated heterocycles. The Balaban J connectivity index is 1.56. The molecule has 8 heteroatoms. The van der Waals surface area contributed by atoms with E-state index in [0.29, 0.717) is 0 Å². The van der Waals surface area contributed by atoms with Gasteiger partial charge in [-0.2, -0.15) is 10.2 Å². The molecule has 0 radical (unpaired) electrons. The first-order valence-electron chi connectivity index (χ1n) is 8.91. The molecule has 0 aromatic carbocycles. The van der Waals surface area contributed by atoms with Gasteiger partial charge in [-0.25, -0.2) is 9.97 Å². The molecule has 4 aromatic heterocycles. The Kier molecular flexibility index (Phi) is 3.83. The predicted octanol–water partition coefficient (Wildman–Crippen LogP) is 2.26. The Bertz CT molecular complexity index is 1090. The third-order valence-electron chi connectivity index (χ3n) is 4.76. The van der Waals surface area contributed by atoms with Crippen LogP contribution in [0.2, 0.25) is 0 Å². The van der Waals surface area contributed by atoms with Gasteiger partial charge in [0.05, 0.1) is 30.6 Å². The summed E-state index contributed by atoms with van der Waals surface area (Å²) in [6, 6.07) is 8.02. The van der Waals surface area contributed by atoms with Gasteiger partial charge in [0.15, 0.2) is 0 Å². The molecule has 1 aliphatic heterocycles. The van der Waals surface area contributed by atoms with E-state index in [2.05, 4.69) is 31.2 Å². The lowest BCUT2D eigenvalue weighted by Gasteiger charge is -2.27. The van der Waals surface area contributed by atoms with E-state index in [1.54, 1.807) is 4.68 Å². The molecule has 0 spiro atoms. The monoisotopic (exact) mass is 361 g/mol. The maximum atomic E-state index is 5.43. The van der Waals surface area contributed by atoms with E-state index in [0.717, 1.165) is 65.7 Å². The summed E-state index contributed by atoms with van der Waals surface area (Å²) in [6.07, 6.45) is 5.60. The van der Waals surface area contributed by atoms with Gasteiger partial charge in [0.2, 0.25) is 0 Å². The Morgan fingerprint density at radius 2 is 2.00 bits per heavy atom. The Hall–Kier alpha value is -3.26. The van der Waals surface area contributed by atoms with Crippen molar-refractivity contribution in [1.82, 2.24) is 29.9 Å². The van der Waals surface area contributed by atoms with Crippen molar-refractivity contribution in [1.29, 1.82) is 0 Å². The zero-order valence-corrected chi connectivity index (χ0v) is 15.0. The molecular weight excluding hydrogens is 342 g/mol. The average Bonchev–Trinajstić information content (AvgIpc) is 3.34. The summed E-state index contributed by atoms with van der Waals surface area (Å²) >= 11 is 0. The van der Waals surface area contributed by atoms with Gasteiger partial charge < -0.3 is 9.64 Å². The highest BCUT2D eigenvalue weighted by Crippen LogP contribution is 2.29. The van der Waals surface area contributed by atoms with Crippen molar-refractivity contribution in [3.05, 3.63) is 42.9 Å². The summed E-state index contributed by atoms with van der Waals surface area (Å²) < 4.78 is 7.21. The summed E-state index contributed by atoms with van der Waals surface area (Å²) in [5.74, 6) is 0.940. The number of rotatable bonds is 3. The lowest BCUT2D eigenvalue weighted by atomic mass is 10.1. The molecule has 0 atom stereocenters. The minimum Gasteiger partial charge on any atom is -0.378 e.